The van der Waals surface area contributed by atoms with E-state index in [1.807, 2.05) is 98.8 Å². The lowest BCUT2D eigenvalue weighted by atomic mass is 10.0. The topological polar surface area (TPSA) is 335 Å². The van der Waals surface area contributed by atoms with Crippen LogP contribution in [0.1, 0.15) is 146 Å². The van der Waals surface area contributed by atoms with Gasteiger partial charge in [0.05, 0.1) is 56.7 Å². The molecule has 0 bridgehead atoms. The van der Waals surface area contributed by atoms with Gasteiger partial charge in [0.15, 0.2) is 0 Å². The molecule has 5 aromatic rings. The number of sulfonamides is 5. The Labute approximate surface area is 686 Å². The van der Waals surface area contributed by atoms with E-state index < -0.39 is 55.4 Å². The van der Waals surface area contributed by atoms with E-state index in [0.29, 0.717) is 172 Å². The van der Waals surface area contributed by atoms with Crippen LogP contribution in [0.25, 0.3) is 0 Å². The number of anilines is 5. The van der Waals surface area contributed by atoms with E-state index in [2.05, 4.69) is 0 Å². The summed E-state index contributed by atoms with van der Waals surface area (Å²) in [7, 11) is -15.9. The third-order valence-corrected chi connectivity index (χ3v) is 32.9. The molecule has 0 aromatic heterocycles. The molecule has 0 N–H and O–H groups in total. The fourth-order valence-electron chi connectivity index (χ4n) is 16.0. The maximum absolute atomic E-state index is 12.3. The zero-order valence-electron chi connectivity index (χ0n) is 65.7. The van der Waals surface area contributed by atoms with Crippen LogP contribution in [-0.4, -0.2) is 218 Å². The molecule has 37 heteroatoms. The molecular weight excluding hydrogens is 1630 g/mol. The summed E-state index contributed by atoms with van der Waals surface area (Å²) in [6.07, 6.45) is 5.60. The number of hydrogen-bond donors (Lipinski definition) is 0. The van der Waals surface area contributed by atoms with E-state index in [4.69, 9.17) is 46.9 Å². The molecule has 0 spiro atoms. The van der Waals surface area contributed by atoms with Gasteiger partial charge in [-0.05, 0) is 159 Å². The molecule has 0 aliphatic carbocycles. The lowest BCUT2D eigenvalue weighted by Gasteiger charge is -2.40. The molecule has 115 heavy (non-hydrogen) atoms. The summed E-state index contributed by atoms with van der Waals surface area (Å²) in [5.74, 6) is 0.577. The van der Waals surface area contributed by atoms with Gasteiger partial charge in [-0.15, -0.1) is 0 Å². The number of amides is 5. The second-order valence-electron chi connectivity index (χ2n) is 29.7. The van der Waals surface area contributed by atoms with Crippen molar-refractivity contribution in [3.63, 3.8) is 0 Å². The molecule has 5 fully saturated rings. The van der Waals surface area contributed by atoms with Gasteiger partial charge in [0.2, 0.25) is 50.1 Å². The smallest absolute Gasteiger partial charge is 0.414 e. The number of hydrogen-bond acceptors (Lipinski definition) is 20. The predicted octanol–water partition coefficient (Wildman–Crippen LogP) is 12.3. The first-order valence-corrected chi connectivity index (χ1v) is 48.0. The molecule has 30 nitrogen and oxygen atoms in total. The molecule has 0 atom stereocenters. The number of nitrogens with zero attached hydrogens (tertiary/aromatic N) is 10. The lowest BCUT2D eigenvalue weighted by Crippen LogP contribution is -2.51. The third kappa shape index (κ3) is 20.8. The molecule has 5 amide bonds. The fourth-order valence-corrected chi connectivity index (χ4v) is 23.0. The predicted molar refractivity (Wildman–Crippen MR) is 440 cm³/mol. The van der Waals surface area contributed by atoms with E-state index in [1.165, 1.54) is 17.2 Å². The largest absolute Gasteiger partial charge is 0.444 e. The summed E-state index contributed by atoms with van der Waals surface area (Å²) >= 11 is 12.0. The molecule has 0 unspecified atom stereocenters. The van der Waals surface area contributed by atoms with Crippen LogP contribution in [0.4, 0.5) is 52.4 Å². The minimum Gasteiger partial charge on any atom is -0.444 e. The Balaban J connectivity index is 0.000000142. The van der Waals surface area contributed by atoms with Crippen LogP contribution in [0, 0.1) is 0 Å². The van der Waals surface area contributed by atoms with Gasteiger partial charge in [0, 0.05) is 134 Å². The molecule has 10 aliphatic heterocycles. The van der Waals surface area contributed by atoms with Crippen LogP contribution in [0.15, 0.2) is 109 Å². The summed E-state index contributed by atoms with van der Waals surface area (Å²) in [4.78, 5) is 69.4. The summed E-state index contributed by atoms with van der Waals surface area (Å²) in [6.45, 7) is 16.1. The second-order valence-corrected chi connectivity index (χ2v) is 41.8. The van der Waals surface area contributed by atoms with Crippen molar-refractivity contribution >= 4 is 132 Å². The summed E-state index contributed by atoms with van der Waals surface area (Å²) in [6, 6.07) is 33.7. The van der Waals surface area contributed by atoms with Crippen molar-refractivity contribution in [1.82, 2.24) is 21.5 Å². The van der Waals surface area contributed by atoms with E-state index in [0.717, 1.165) is 56.3 Å². The van der Waals surface area contributed by atoms with Crippen LogP contribution in [0.2, 0.25) is 10.0 Å². The van der Waals surface area contributed by atoms with Crippen LogP contribution in [0.5, 0.6) is 0 Å². The highest BCUT2D eigenvalue weighted by Gasteiger charge is 2.43. The van der Waals surface area contributed by atoms with Crippen LogP contribution in [-0.2, 0) is 107 Å². The van der Waals surface area contributed by atoms with Crippen molar-refractivity contribution in [3.05, 3.63) is 147 Å². The van der Waals surface area contributed by atoms with Gasteiger partial charge in [-0.1, -0.05) is 91.6 Å². The third-order valence-electron chi connectivity index (χ3n) is 22.2. The van der Waals surface area contributed by atoms with Gasteiger partial charge in [-0.2, -0.15) is 0 Å². The standard InChI is InChI=1S/C16H21ClN2O4S.2C16H22N2O4S.C15H19ClN2O4S.C15H20N2O4S/c1-2-9-24(21,22)18-7-5-14(6-8-18)19-15-4-3-13(17)10-12(15)11-23-16(19)20;1-12(2)23(20,21)17-9-7-14(8-10-17)18-15-6-4-3-5-13(15)11-22-16(18)19;1-2-11-23(20,21)17-9-7-14(8-10-17)18-15-6-4-3-5-13(15)12-22-16(18)19;1-2-23(20,21)17-7-5-13(6-8-17)18-14-4-3-12(16)9-11(14)10-22-15(18)19;1-2-22(19,20)16-9-7-13(8-10-16)17-14-6-4-3-5-12(14)11-21-15(17)18/h3-4,10,14H,2,5-9,11H2,1H3;3-6,12,14H,7-11H2,1-2H3;3-6,14H,2,7-12H2,1H3;3-4,9,13H,2,5-8,10H2,1H3;3-6,13H,2,7-11H2,1H3. The van der Waals surface area contributed by atoms with Crippen LogP contribution in [0.3, 0.4) is 0 Å². The van der Waals surface area contributed by atoms with Crippen LogP contribution >= 0.6 is 23.2 Å². The molecule has 15 rings (SSSR count). The quantitative estimate of drug-likeness (QED) is 0.0780. The van der Waals surface area contributed by atoms with Gasteiger partial charge in [-0.3, -0.25) is 24.5 Å². The van der Waals surface area contributed by atoms with Crippen molar-refractivity contribution in [2.24, 2.45) is 0 Å². The van der Waals surface area contributed by atoms with Crippen molar-refractivity contribution in [2.75, 3.05) is 113 Å². The maximum Gasteiger partial charge on any atom is 0.414 e. The SMILES string of the molecule is CC(C)S(=O)(=O)N1CCC(N2C(=O)OCc3ccccc32)CC1.CCCS(=O)(=O)N1CCC(N2C(=O)OCc3cc(Cl)ccc32)CC1.CCCS(=O)(=O)N1CCC(N2C(=O)OCc3ccccc32)CC1.CCS(=O)(=O)N1CCC(N2C(=O)OCc3cc(Cl)ccc32)CC1.CCS(=O)(=O)N1CCC(N2C(=O)OCc3ccccc32)CC1. The molecule has 10 heterocycles. The van der Waals surface area contributed by atoms with Crippen molar-refractivity contribution in [1.29, 1.82) is 0 Å². The molecule has 630 valence electrons. The lowest BCUT2D eigenvalue weighted by molar-refractivity contribution is 0.135. The summed E-state index contributed by atoms with van der Waals surface area (Å²) in [5, 5.41) is 0.789. The van der Waals surface area contributed by atoms with E-state index in [-0.39, 0.29) is 96.9 Å². The number of benzene rings is 5. The number of rotatable bonds is 17. The normalized spacial score (nSPS) is 20.3. The highest BCUT2D eigenvalue weighted by atomic mass is 35.5. The molecule has 5 aromatic carbocycles. The van der Waals surface area contributed by atoms with E-state index in [1.54, 1.807) is 80.8 Å². The average Bonchev–Trinajstić information content (AvgIpc) is 0.799. The average molecular weight is 1730 g/mol. The summed E-state index contributed by atoms with van der Waals surface area (Å²) < 4.78 is 155. The summed E-state index contributed by atoms with van der Waals surface area (Å²) in [5.41, 5.74) is 9.00. The first kappa shape index (κ1) is 88.4. The maximum atomic E-state index is 12.3. The minimum absolute atomic E-state index is 0.0164. The van der Waals surface area contributed by atoms with Crippen LogP contribution < -0.4 is 24.5 Å². The first-order valence-electron chi connectivity index (χ1n) is 39.3. The number of ether oxygens (including phenoxy) is 5. The zero-order chi connectivity index (χ0) is 82.7. The zero-order valence-corrected chi connectivity index (χ0v) is 71.3. The number of fused-ring (bicyclic) bond motifs is 5. The fraction of sp³-hybridized carbons (Fsp3) is 0.551. The molecule has 0 radical (unpaired) electrons. The Kier molecular flexibility index (Phi) is 29.6. The Hall–Kier alpha value is -7.42. The van der Waals surface area contributed by atoms with Crippen molar-refractivity contribution in [2.45, 2.75) is 187 Å². The first-order chi connectivity index (χ1) is 54.8. The molecular formula is C78H104Cl2N10O20S5. The second kappa shape index (κ2) is 38.5. The number of piperidine rings is 5. The Morgan fingerprint density at radius 3 is 0.791 bits per heavy atom. The van der Waals surface area contributed by atoms with Gasteiger partial charge in [-0.25, -0.2) is 87.6 Å². The minimum atomic E-state index is -3.23. The number of halogens is 2. The Bertz CT molecular complexity index is 4900. The van der Waals surface area contributed by atoms with Crippen molar-refractivity contribution < 1.29 is 89.7 Å². The number of cyclic esters (lactones) is 5. The van der Waals surface area contributed by atoms with Gasteiger partial charge >= 0.3 is 30.5 Å². The molecule has 5 saturated heterocycles. The number of para-hydroxylation sites is 3. The van der Waals surface area contributed by atoms with Crippen molar-refractivity contribution in [3.8, 4) is 0 Å². The van der Waals surface area contributed by atoms with Gasteiger partial charge in [0.25, 0.3) is 0 Å². The van der Waals surface area contributed by atoms with Gasteiger partial charge in [0.1, 0.15) is 33.0 Å². The van der Waals surface area contributed by atoms with E-state index >= 15 is 0 Å². The number of carbonyl (C=O) groups is 5. The Morgan fingerprint density at radius 2 is 0.548 bits per heavy atom. The molecule has 10 aliphatic rings. The number of carbonyl (C=O) groups excluding carboxylic acids is 5. The highest BCUT2D eigenvalue weighted by Crippen LogP contribution is 2.40. The highest BCUT2D eigenvalue weighted by molar-refractivity contribution is 7.90. The monoisotopic (exact) mass is 1730 g/mol. The van der Waals surface area contributed by atoms with Gasteiger partial charge < -0.3 is 23.7 Å². The van der Waals surface area contributed by atoms with E-state index in [9.17, 15) is 66.1 Å². The molecule has 0 saturated carbocycles. The Morgan fingerprint density at radius 1 is 0.322 bits per heavy atom.